The quantitative estimate of drug-likeness (QED) is 0.845. The third-order valence-electron chi connectivity index (χ3n) is 5.85. The smallest absolute Gasteiger partial charge is 0.0239 e. The highest BCUT2D eigenvalue weighted by Crippen LogP contribution is 2.24. The molecule has 1 aromatic carbocycles. The minimum atomic E-state index is 0.747. The van der Waals surface area contributed by atoms with E-state index in [2.05, 4.69) is 54.7 Å². The molecular weight excluding hydrogens is 282 g/mol. The van der Waals surface area contributed by atoms with Gasteiger partial charge in [0.25, 0.3) is 0 Å². The Balaban J connectivity index is 1.71. The molecule has 23 heavy (non-hydrogen) atoms. The first-order valence-electron chi connectivity index (χ1n) is 9.27. The number of hydrogen-bond acceptors (Lipinski definition) is 3. The predicted octanol–water partition coefficient (Wildman–Crippen LogP) is 3.04. The zero-order chi connectivity index (χ0) is 16.4. The van der Waals surface area contributed by atoms with E-state index in [-0.39, 0.29) is 0 Å². The van der Waals surface area contributed by atoms with Gasteiger partial charge in [-0.15, -0.1) is 0 Å². The molecule has 0 N–H and O–H groups in total. The Morgan fingerprint density at radius 1 is 0.913 bits per heavy atom. The molecular formula is C20H33N3. The van der Waals surface area contributed by atoms with Crippen LogP contribution in [-0.4, -0.2) is 60.5 Å². The van der Waals surface area contributed by atoms with E-state index in [9.17, 15) is 0 Å². The van der Waals surface area contributed by atoms with E-state index >= 15 is 0 Å². The monoisotopic (exact) mass is 315 g/mol. The molecule has 2 aliphatic heterocycles. The van der Waals surface area contributed by atoms with Crippen LogP contribution in [-0.2, 0) is 13.1 Å². The van der Waals surface area contributed by atoms with Gasteiger partial charge in [0.15, 0.2) is 0 Å². The van der Waals surface area contributed by atoms with Gasteiger partial charge in [-0.1, -0.05) is 12.1 Å². The molecule has 0 amide bonds. The van der Waals surface area contributed by atoms with Gasteiger partial charge in [-0.2, -0.15) is 0 Å². The third-order valence-corrected chi connectivity index (χ3v) is 5.85. The van der Waals surface area contributed by atoms with Crippen molar-refractivity contribution in [2.75, 3.05) is 39.8 Å². The number of hydrogen-bond donors (Lipinski definition) is 0. The van der Waals surface area contributed by atoms with Crippen LogP contribution in [0.1, 0.15) is 42.0 Å². The average molecular weight is 316 g/mol. The van der Waals surface area contributed by atoms with E-state index in [1.165, 1.54) is 67.8 Å². The lowest BCUT2D eigenvalue weighted by Gasteiger charge is -2.33. The molecule has 1 aromatic rings. The van der Waals surface area contributed by atoms with Gasteiger partial charge >= 0.3 is 0 Å². The molecule has 1 atom stereocenters. The van der Waals surface area contributed by atoms with Crippen molar-refractivity contribution in [1.82, 2.24) is 14.7 Å². The molecule has 0 aromatic heterocycles. The molecule has 2 saturated heterocycles. The fourth-order valence-corrected chi connectivity index (χ4v) is 3.98. The van der Waals surface area contributed by atoms with Gasteiger partial charge in [0.1, 0.15) is 0 Å². The fraction of sp³-hybridized carbons (Fsp3) is 0.700. The second-order valence-electron chi connectivity index (χ2n) is 7.75. The number of likely N-dealkylation sites (N-methyl/N-ethyl adjacent to an activating group) is 1. The Labute approximate surface area is 142 Å². The molecule has 2 aliphatic rings. The predicted molar refractivity (Wildman–Crippen MR) is 97.8 cm³/mol. The standard InChI is InChI=1S/C20H33N3/c1-16-12-17(2)20(15-23-7-5-6-18(23)3)13-19(16)14-22-10-8-21(4)9-11-22/h12-13,18H,5-11,14-15H2,1-4H3. The summed E-state index contributed by atoms with van der Waals surface area (Å²) in [7, 11) is 2.23. The first kappa shape index (κ1) is 16.9. The molecule has 2 heterocycles. The maximum atomic E-state index is 2.65. The van der Waals surface area contributed by atoms with Gasteiger partial charge in [0.05, 0.1) is 0 Å². The van der Waals surface area contributed by atoms with Crippen LogP contribution in [0.2, 0.25) is 0 Å². The van der Waals surface area contributed by atoms with Crippen LogP contribution in [0.4, 0.5) is 0 Å². The highest BCUT2D eigenvalue weighted by Gasteiger charge is 2.21. The maximum Gasteiger partial charge on any atom is 0.0239 e. The van der Waals surface area contributed by atoms with Crippen molar-refractivity contribution in [3.63, 3.8) is 0 Å². The van der Waals surface area contributed by atoms with Crippen molar-refractivity contribution in [3.8, 4) is 0 Å². The summed E-state index contributed by atoms with van der Waals surface area (Å²) in [6, 6.07) is 5.65. The minimum absolute atomic E-state index is 0.747. The van der Waals surface area contributed by atoms with Gasteiger partial charge in [0.2, 0.25) is 0 Å². The summed E-state index contributed by atoms with van der Waals surface area (Å²) >= 11 is 0. The van der Waals surface area contributed by atoms with E-state index in [0.29, 0.717) is 0 Å². The van der Waals surface area contributed by atoms with E-state index in [0.717, 1.165) is 19.1 Å². The van der Waals surface area contributed by atoms with Crippen LogP contribution >= 0.6 is 0 Å². The fourth-order valence-electron chi connectivity index (χ4n) is 3.98. The molecule has 3 nitrogen and oxygen atoms in total. The normalized spacial score (nSPS) is 24.4. The summed E-state index contributed by atoms with van der Waals surface area (Å²) in [6.07, 6.45) is 2.72. The van der Waals surface area contributed by atoms with E-state index in [1.807, 2.05) is 0 Å². The average Bonchev–Trinajstić information content (AvgIpc) is 2.91. The lowest BCUT2D eigenvalue weighted by molar-refractivity contribution is 0.148. The van der Waals surface area contributed by atoms with Gasteiger partial charge in [-0.05, 0) is 69.5 Å². The van der Waals surface area contributed by atoms with Crippen LogP contribution < -0.4 is 0 Å². The van der Waals surface area contributed by atoms with E-state index in [4.69, 9.17) is 0 Å². The molecule has 2 fully saturated rings. The lowest BCUT2D eigenvalue weighted by Crippen LogP contribution is -2.44. The van der Waals surface area contributed by atoms with Gasteiger partial charge in [-0.25, -0.2) is 0 Å². The zero-order valence-electron chi connectivity index (χ0n) is 15.4. The summed E-state index contributed by atoms with van der Waals surface area (Å²) in [5.74, 6) is 0. The topological polar surface area (TPSA) is 9.72 Å². The van der Waals surface area contributed by atoms with Gasteiger partial charge in [0, 0.05) is 45.3 Å². The third kappa shape index (κ3) is 4.14. The minimum Gasteiger partial charge on any atom is -0.304 e. The number of piperazine rings is 1. The van der Waals surface area contributed by atoms with E-state index in [1.54, 1.807) is 0 Å². The Morgan fingerprint density at radius 2 is 1.57 bits per heavy atom. The van der Waals surface area contributed by atoms with Crippen LogP contribution in [0.5, 0.6) is 0 Å². The van der Waals surface area contributed by atoms with Crippen molar-refractivity contribution < 1.29 is 0 Å². The first-order valence-corrected chi connectivity index (χ1v) is 9.27. The number of nitrogens with zero attached hydrogens (tertiary/aromatic N) is 3. The maximum absolute atomic E-state index is 2.65. The largest absolute Gasteiger partial charge is 0.304 e. The van der Waals surface area contributed by atoms with Crippen LogP contribution in [0, 0.1) is 13.8 Å². The number of aryl methyl sites for hydroxylation is 2. The summed E-state index contributed by atoms with van der Waals surface area (Å²) in [5, 5.41) is 0. The summed E-state index contributed by atoms with van der Waals surface area (Å²) in [5.41, 5.74) is 5.99. The Bertz CT molecular complexity index is 532. The molecule has 0 spiro atoms. The molecule has 0 aliphatic carbocycles. The van der Waals surface area contributed by atoms with E-state index < -0.39 is 0 Å². The number of likely N-dealkylation sites (tertiary alicyclic amines) is 1. The Hall–Kier alpha value is -0.900. The van der Waals surface area contributed by atoms with Crippen LogP contribution in [0.3, 0.4) is 0 Å². The Morgan fingerprint density at radius 3 is 2.17 bits per heavy atom. The molecule has 0 bridgehead atoms. The van der Waals surface area contributed by atoms with Crippen LogP contribution in [0.25, 0.3) is 0 Å². The second kappa shape index (κ2) is 7.33. The molecule has 128 valence electrons. The van der Waals surface area contributed by atoms with Crippen molar-refractivity contribution in [2.45, 2.75) is 52.7 Å². The van der Waals surface area contributed by atoms with Crippen LogP contribution in [0.15, 0.2) is 12.1 Å². The molecule has 0 radical (unpaired) electrons. The lowest BCUT2D eigenvalue weighted by atomic mass is 9.98. The number of benzene rings is 1. The summed E-state index contributed by atoms with van der Waals surface area (Å²) < 4.78 is 0. The molecule has 3 heteroatoms. The Kier molecular flexibility index (Phi) is 5.40. The molecule has 0 saturated carbocycles. The SMILES string of the molecule is Cc1cc(C)c(CN2CCCC2C)cc1CN1CCN(C)CC1. The van der Waals surface area contributed by atoms with Gasteiger partial charge in [-0.3, -0.25) is 9.80 Å². The summed E-state index contributed by atoms with van der Waals surface area (Å²) in [4.78, 5) is 7.69. The second-order valence-corrected chi connectivity index (χ2v) is 7.75. The number of rotatable bonds is 4. The van der Waals surface area contributed by atoms with Gasteiger partial charge < -0.3 is 4.90 Å². The summed E-state index contributed by atoms with van der Waals surface area (Å²) in [6.45, 7) is 15.2. The molecule has 1 unspecified atom stereocenters. The van der Waals surface area contributed by atoms with Crippen molar-refractivity contribution in [2.24, 2.45) is 0 Å². The van der Waals surface area contributed by atoms with Crippen molar-refractivity contribution >= 4 is 0 Å². The van der Waals surface area contributed by atoms with Crippen molar-refractivity contribution in [3.05, 3.63) is 34.4 Å². The highest BCUT2D eigenvalue weighted by atomic mass is 15.2. The zero-order valence-corrected chi connectivity index (χ0v) is 15.4. The first-order chi connectivity index (χ1) is 11.0. The van der Waals surface area contributed by atoms with Crippen molar-refractivity contribution in [1.29, 1.82) is 0 Å². The molecule has 3 rings (SSSR count). The highest BCUT2D eigenvalue weighted by molar-refractivity contribution is 5.37.